The first-order valence-electron chi connectivity index (χ1n) is 4.99. The lowest BCUT2D eigenvalue weighted by molar-refractivity contribution is 0.390. The minimum absolute atomic E-state index is 0.798. The average Bonchev–Trinajstić information content (AvgIpc) is 2.63. The predicted octanol–water partition coefficient (Wildman–Crippen LogP) is 1.33. The van der Waals surface area contributed by atoms with Gasteiger partial charge in [0.2, 0.25) is 0 Å². The lowest BCUT2D eigenvalue weighted by atomic mass is 10.2. The Hall–Kier alpha value is -0.810. The highest BCUT2D eigenvalue weighted by Gasteiger charge is 2.18. The molecule has 4 nitrogen and oxygen atoms in total. The van der Waals surface area contributed by atoms with Crippen LogP contribution in [-0.4, -0.2) is 36.0 Å². The molecule has 0 bridgehead atoms. The summed E-state index contributed by atoms with van der Waals surface area (Å²) < 4.78 is 0. The summed E-state index contributed by atoms with van der Waals surface area (Å²) >= 11 is 1.90. The van der Waals surface area contributed by atoms with Gasteiger partial charge in [-0.1, -0.05) is 0 Å². The maximum Gasteiger partial charge on any atom is 0.145 e. The normalized spacial score (nSPS) is 14.4. The van der Waals surface area contributed by atoms with Crippen molar-refractivity contribution in [2.45, 2.75) is 18.1 Å². The molecular weight excluding hydrogens is 208 g/mol. The third-order valence-corrected chi connectivity index (χ3v) is 3.29. The second-order valence-corrected chi connectivity index (χ2v) is 4.88. The van der Waals surface area contributed by atoms with E-state index in [2.05, 4.69) is 20.2 Å². The molecule has 0 aliphatic carbocycles. The fraction of sp³-hybridized carbons (Fsp3) is 0.600. The Kier molecular flexibility index (Phi) is 3.11. The smallest absolute Gasteiger partial charge is 0.145 e. The SMILES string of the molecule is CNc1nc(CN(C)C)nc2c1CSC2. The number of nitrogens with zero attached hydrogens (tertiary/aromatic N) is 3. The van der Waals surface area contributed by atoms with Crippen LogP contribution in [0.5, 0.6) is 0 Å². The van der Waals surface area contributed by atoms with Crippen molar-refractivity contribution in [2.75, 3.05) is 26.5 Å². The molecule has 1 N–H and O–H groups in total. The van der Waals surface area contributed by atoms with E-state index in [0.717, 1.165) is 29.7 Å². The summed E-state index contributed by atoms with van der Waals surface area (Å²) in [4.78, 5) is 11.2. The number of anilines is 1. The summed E-state index contributed by atoms with van der Waals surface area (Å²) in [6.07, 6.45) is 0. The zero-order valence-electron chi connectivity index (χ0n) is 9.37. The number of hydrogen-bond acceptors (Lipinski definition) is 5. The number of aromatic nitrogens is 2. The van der Waals surface area contributed by atoms with Crippen LogP contribution in [0.4, 0.5) is 5.82 Å². The van der Waals surface area contributed by atoms with E-state index in [1.807, 2.05) is 32.9 Å². The molecule has 1 aromatic rings. The number of nitrogens with one attached hydrogen (secondary N) is 1. The Morgan fingerprint density at radius 3 is 2.80 bits per heavy atom. The first kappa shape index (κ1) is 10.7. The summed E-state index contributed by atoms with van der Waals surface area (Å²) in [5.41, 5.74) is 2.49. The molecule has 0 unspecified atom stereocenters. The van der Waals surface area contributed by atoms with Gasteiger partial charge in [0.15, 0.2) is 0 Å². The molecule has 0 saturated carbocycles. The minimum Gasteiger partial charge on any atom is -0.373 e. The van der Waals surface area contributed by atoms with Crippen molar-refractivity contribution in [3.8, 4) is 0 Å². The molecule has 0 amide bonds. The van der Waals surface area contributed by atoms with Crippen LogP contribution in [0.3, 0.4) is 0 Å². The van der Waals surface area contributed by atoms with Crippen LogP contribution in [0, 0.1) is 0 Å². The third-order valence-electron chi connectivity index (χ3n) is 2.32. The van der Waals surface area contributed by atoms with E-state index in [4.69, 9.17) is 0 Å². The van der Waals surface area contributed by atoms with Crippen molar-refractivity contribution in [1.82, 2.24) is 14.9 Å². The molecule has 0 radical (unpaired) electrons. The van der Waals surface area contributed by atoms with Gasteiger partial charge in [-0.05, 0) is 14.1 Å². The van der Waals surface area contributed by atoms with Crippen LogP contribution in [-0.2, 0) is 18.1 Å². The fourth-order valence-electron chi connectivity index (χ4n) is 1.66. The van der Waals surface area contributed by atoms with Crippen molar-refractivity contribution in [1.29, 1.82) is 0 Å². The second kappa shape index (κ2) is 4.37. The first-order valence-corrected chi connectivity index (χ1v) is 6.15. The summed E-state index contributed by atoms with van der Waals surface area (Å²) in [6.45, 7) is 0.798. The number of rotatable bonds is 3. The molecular formula is C10H16N4S. The van der Waals surface area contributed by atoms with Crippen molar-refractivity contribution in [3.63, 3.8) is 0 Å². The molecule has 1 aliphatic heterocycles. The monoisotopic (exact) mass is 224 g/mol. The molecule has 0 saturated heterocycles. The molecule has 2 heterocycles. The number of thioether (sulfide) groups is 1. The van der Waals surface area contributed by atoms with Crippen LogP contribution in [0.25, 0.3) is 0 Å². The Morgan fingerprint density at radius 2 is 2.13 bits per heavy atom. The van der Waals surface area contributed by atoms with Gasteiger partial charge in [-0.25, -0.2) is 9.97 Å². The summed E-state index contributed by atoms with van der Waals surface area (Å²) in [6, 6.07) is 0. The predicted molar refractivity (Wildman–Crippen MR) is 64.0 cm³/mol. The molecule has 2 rings (SSSR count). The van der Waals surface area contributed by atoms with Crippen LogP contribution < -0.4 is 5.32 Å². The lowest BCUT2D eigenvalue weighted by Crippen LogP contribution is -2.15. The van der Waals surface area contributed by atoms with E-state index in [1.165, 1.54) is 11.3 Å². The minimum atomic E-state index is 0.798. The molecule has 1 aromatic heterocycles. The van der Waals surface area contributed by atoms with Crippen molar-refractivity contribution in [2.24, 2.45) is 0 Å². The maximum absolute atomic E-state index is 4.59. The maximum atomic E-state index is 4.59. The van der Waals surface area contributed by atoms with Crippen LogP contribution >= 0.6 is 11.8 Å². The fourth-order valence-corrected chi connectivity index (χ4v) is 2.70. The van der Waals surface area contributed by atoms with E-state index in [0.29, 0.717) is 0 Å². The molecule has 0 fully saturated rings. The highest BCUT2D eigenvalue weighted by Crippen LogP contribution is 2.32. The zero-order chi connectivity index (χ0) is 10.8. The van der Waals surface area contributed by atoms with Gasteiger partial charge >= 0.3 is 0 Å². The number of fused-ring (bicyclic) bond motifs is 1. The number of hydrogen-bond donors (Lipinski definition) is 1. The van der Waals surface area contributed by atoms with Gasteiger partial charge in [0, 0.05) is 24.1 Å². The van der Waals surface area contributed by atoms with E-state index in [9.17, 15) is 0 Å². The van der Waals surface area contributed by atoms with Gasteiger partial charge in [-0.2, -0.15) is 11.8 Å². The van der Waals surface area contributed by atoms with Crippen molar-refractivity contribution >= 4 is 17.6 Å². The molecule has 0 spiro atoms. The van der Waals surface area contributed by atoms with E-state index in [1.54, 1.807) is 0 Å². The van der Waals surface area contributed by atoms with E-state index >= 15 is 0 Å². The molecule has 1 aliphatic rings. The third kappa shape index (κ3) is 2.23. The molecule has 15 heavy (non-hydrogen) atoms. The van der Waals surface area contributed by atoms with Crippen LogP contribution in [0.1, 0.15) is 17.1 Å². The Labute approximate surface area is 94.5 Å². The van der Waals surface area contributed by atoms with Crippen molar-refractivity contribution in [3.05, 3.63) is 17.1 Å². The molecule has 0 aromatic carbocycles. The largest absolute Gasteiger partial charge is 0.373 e. The summed E-state index contributed by atoms with van der Waals surface area (Å²) in [5.74, 6) is 3.97. The zero-order valence-corrected chi connectivity index (χ0v) is 10.2. The molecule has 5 heteroatoms. The van der Waals surface area contributed by atoms with Gasteiger partial charge in [0.1, 0.15) is 11.6 Å². The topological polar surface area (TPSA) is 41.1 Å². The highest BCUT2D eigenvalue weighted by molar-refractivity contribution is 7.98. The molecule has 0 atom stereocenters. The van der Waals surface area contributed by atoms with Gasteiger partial charge in [-0.3, -0.25) is 0 Å². The second-order valence-electron chi connectivity index (χ2n) is 3.89. The quantitative estimate of drug-likeness (QED) is 0.839. The first-order chi connectivity index (χ1) is 7.20. The summed E-state index contributed by atoms with van der Waals surface area (Å²) in [5, 5.41) is 3.16. The van der Waals surface area contributed by atoms with Gasteiger partial charge in [0.25, 0.3) is 0 Å². The van der Waals surface area contributed by atoms with Crippen LogP contribution in [0.15, 0.2) is 0 Å². The van der Waals surface area contributed by atoms with Gasteiger partial charge in [0.05, 0.1) is 12.2 Å². The Balaban J connectivity index is 2.34. The lowest BCUT2D eigenvalue weighted by Gasteiger charge is -2.12. The van der Waals surface area contributed by atoms with Crippen LogP contribution in [0.2, 0.25) is 0 Å². The van der Waals surface area contributed by atoms with E-state index in [-0.39, 0.29) is 0 Å². The Bertz CT molecular complexity index is 365. The summed E-state index contributed by atoms with van der Waals surface area (Å²) in [7, 11) is 5.99. The standard InChI is InChI=1S/C10H16N4S/c1-11-10-7-5-15-6-8(7)12-9(13-10)4-14(2)3/h4-6H2,1-3H3,(H,11,12,13). The van der Waals surface area contributed by atoms with Crippen molar-refractivity contribution < 1.29 is 0 Å². The van der Waals surface area contributed by atoms with E-state index < -0.39 is 0 Å². The average molecular weight is 224 g/mol. The Morgan fingerprint density at radius 1 is 1.33 bits per heavy atom. The van der Waals surface area contributed by atoms with Gasteiger partial charge < -0.3 is 10.2 Å². The highest BCUT2D eigenvalue weighted by atomic mass is 32.2. The van der Waals surface area contributed by atoms with Gasteiger partial charge in [-0.15, -0.1) is 0 Å². The molecule has 82 valence electrons.